The number of ether oxygens (including phenoxy) is 3. The molecule has 0 radical (unpaired) electrons. The first-order chi connectivity index (χ1) is 11.8. The van der Waals surface area contributed by atoms with Crippen molar-refractivity contribution in [3.05, 3.63) is 23.8 Å². The van der Waals surface area contributed by atoms with Gasteiger partial charge in [0.2, 0.25) is 0 Å². The van der Waals surface area contributed by atoms with Crippen LogP contribution < -0.4 is 10.1 Å². The average Bonchev–Trinajstić information content (AvgIpc) is 2.97. The summed E-state index contributed by atoms with van der Waals surface area (Å²) in [6.07, 6.45) is 0.627. The molecule has 6 heteroatoms. The van der Waals surface area contributed by atoms with Crippen LogP contribution in [-0.4, -0.2) is 56.0 Å². The van der Waals surface area contributed by atoms with Crippen LogP contribution in [0.1, 0.15) is 32.8 Å². The van der Waals surface area contributed by atoms with Gasteiger partial charge in [0.15, 0.2) is 0 Å². The molecule has 1 amide bonds. The second-order valence-corrected chi connectivity index (χ2v) is 7.40. The molecule has 0 spiro atoms. The predicted molar refractivity (Wildman–Crippen MR) is 98.4 cm³/mol. The summed E-state index contributed by atoms with van der Waals surface area (Å²) in [7, 11) is 1.66. The lowest BCUT2D eigenvalue weighted by Gasteiger charge is -2.24. The predicted octanol–water partition coefficient (Wildman–Crippen LogP) is 3.44. The van der Waals surface area contributed by atoms with Gasteiger partial charge in [-0.05, 0) is 51.8 Å². The van der Waals surface area contributed by atoms with Gasteiger partial charge in [0.25, 0.3) is 0 Å². The second-order valence-electron chi connectivity index (χ2n) is 7.40. The highest BCUT2D eigenvalue weighted by Gasteiger charge is 2.30. The lowest BCUT2D eigenvalue weighted by molar-refractivity contribution is 0.0293. The summed E-state index contributed by atoms with van der Waals surface area (Å²) in [5.74, 6) is 0.813. The van der Waals surface area contributed by atoms with Crippen molar-refractivity contribution in [3.63, 3.8) is 0 Å². The highest BCUT2D eigenvalue weighted by molar-refractivity contribution is 5.69. The molecule has 1 aromatic rings. The normalized spacial score (nSPS) is 17.5. The number of anilines is 1. The number of hydrogen-bond donors (Lipinski definition) is 1. The SMILES string of the molecule is COCCOc1cc(C)ccc1NC1CCN(C(=O)OC(C)(C)C)C1. The Labute approximate surface area is 150 Å². The fraction of sp³-hybridized carbons (Fsp3) is 0.632. The van der Waals surface area contributed by atoms with Gasteiger partial charge < -0.3 is 24.4 Å². The zero-order chi connectivity index (χ0) is 18.4. The van der Waals surface area contributed by atoms with Gasteiger partial charge in [-0.1, -0.05) is 6.07 Å². The van der Waals surface area contributed by atoms with Gasteiger partial charge in [-0.2, -0.15) is 0 Å². The monoisotopic (exact) mass is 350 g/mol. The van der Waals surface area contributed by atoms with Crippen LogP contribution in [-0.2, 0) is 9.47 Å². The number of amides is 1. The van der Waals surface area contributed by atoms with Gasteiger partial charge in [0, 0.05) is 26.2 Å². The molecule has 1 fully saturated rings. The van der Waals surface area contributed by atoms with Crippen molar-refractivity contribution in [1.29, 1.82) is 0 Å². The van der Waals surface area contributed by atoms with E-state index in [-0.39, 0.29) is 12.1 Å². The maximum Gasteiger partial charge on any atom is 0.410 e. The van der Waals surface area contributed by atoms with E-state index in [2.05, 4.69) is 5.32 Å². The molecular formula is C19H30N2O4. The Balaban J connectivity index is 1.95. The van der Waals surface area contributed by atoms with Crippen LogP contribution in [0.4, 0.5) is 10.5 Å². The van der Waals surface area contributed by atoms with Gasteiger partial charge in [-0.25, -0.2) is 4.79 Å². The first-order valence-electron chi connectivity index (χ1n) is 8.75. The molecule has 6 nitrogen and oxygen atoms in total. The van der Waals surface area contributed by atoms with Crippen LogP contribution in [0.2, 0.25) is 0 Å². The number of likely N-dealkylation sites (tertiary alicyclic amines) is 1. The molecule has 0 aromatic heterocycles. The number of nitrogens with zero attached hydrogens (tertiary/aromatic N) is 1. The van der Waals surface area contributed by atoms with Gasteiger partial charge in [0.05, 0.1) is 12.3 Å². The Morgan fingerprint density at radius 3 is 2.76 bits per heavy atom. The molecule has 25 heavy (non-hydrogen) atoms. The number of methoxy groups -OCH3 is 1. The summed E-state index contributed by atoms with van der Waals surface area (Å²) in [6, 6.07) is 6.26. The third-order valence-corrected chi connectivity index (χ3v) is 3.88. The van der Waals surface area contributed by atoms with Gasteiger partial charge in [0.1, 0.15) is 18.0 Å². The summed E-state index contributed by atoms with van der Waals surface area (Å²) in [6.45, 7) is 10.0. The molecule has 0 saturated carbocycles. The van der Waals surface area contributed by atoms with E-state index >= 15 is 0 Å². The van der Waals surface area contributed by atoms with Crippen molar-refractivity contribution in [3.8, 4) is 5.75 Å². The maximum atomic E-state index is 12.2. The number of benzene rings is 1. The topological polar surface area (TPSA) is 60.0 Å². The molecule has 140 valence electrons. The zero-order valence-electron chi connectivity index (χ0n) is 15.9. The summed E-state index contributed by atoms with van der Waals surface area (Å²) in [5.41, 5.74) is 1.61. The third-order valence-electron chi connectivity index (χ3n) is 3.88. The molecule has 0 aliphatic carbocycles. The smallest absolute Gasteiger partial charge is 0.410 e. The molecule has 2 rings (SSSR count). The van der Waals surface area contributed by atoms with Crippen molar-refractivity contribution in [2.75, 3.05) is 38.7 Å². The highest BCUT2D eigenvalue weighted by Crippen LogP contribution is 2.28. The van der Waals surface area contributed by atoms with Crippen LogP contribution in [0.3, 0.4) is 0 Å². The number of hydrogen-bond acceptors (Lipinski definition) is 5. The van der Waals surface area contributed by atoms with Crippen molar-refractivity contribution in [1.82, 2.24) is 4.90 Å². The highest BCUT2D eigenvalue weighted by atomic mass is 16.6. The van der Waals surface area contributed by atoms with E-state index in [1.54, 1.807) is 12.0 Å². The molecule has 1 N–H and O–H groups in total. The second kappa shape index (κ2) is 8.43. The van der Waals surface area contributed by atoms with Crippen LogP contribution in [0, 0.1) is 6.92 Å². The minimum absolute atomic E-state index is 0.181. The molecule has 1 saturated heterocycles. The zero-order valence-corrected chi connectivity index (χ0v) is 15.9. The summed E-state index contributed by atoms with van der Waals surface area (Å²) in [5, 5.41) is 3.50. The number of nitrogens with one attached hydrogen (secondary N) is 1. The molecule has 1 aliphatic heterocycles. The van der Waals surface area contributed by atoms with E-state index < -0.39 is 5.60 Å². The van der Waals surface area contributed by atoms with Crippen LogP contribution in [0.5, 0.6) is 5.75 Å². The maximum absolute atomic E-state index is 12.2. The fourth-order valence-electron chi connectivity index (χ4n) is 2.69. The lowest BCUT2D eigenvalue weighted by Crippen LogP contribution is -2.36. The van der Waals surface area contributed by atoms with E-state index in [4.69, 9.17) is 14.2 Å². The van der Waals surface area contributed by atoms with Crippen molar-refractivity contribution >= 4 is 11.8 Å². The Kier molecular flexibility index (Phi) is 6.53. The van der Waals surface area contributed by atoms with Crippen molar-refractivity contribution in [2.24, 2.45) is 0 Å². The van der Waals surface area contributed by atoms with Gasteiger partial charge in [-0.15, -0.1) is 0 Å². The molecular weight excluding hydrogens is 320 g/mol. The molecule has 1 heterocycles. The Morgan fingerprint density at radius 2 is 2.08 bits per heavy atom. The van der Waals surface area contributed by atoms with Crippen molar-refractivity contribution < 1.29 is 19.0 Å². The molecule has 1 atom stereocenters. The van der Waals surface area contributed by atoms with Crippen LogP contribution in [0.15, 0.2) is 18.2 Å². The average molecular weight is 350 g/mol. The Hall–Kier alpha value is -1.95. The lowest BCUT2D eigenvalue weighted by atomic mass is 10.2. The first kappa shape index (κ1) is 19.4. The minimum Gasteiger partial charge on any atom is -0.489 e. The Bertz CT molecular complexity index is 583. The standard InChI is InChI=1S/C19H30N2O4/c1-14-6-7-16(17(12-14)24-11-10-23-5)20-15-8-9-21(13-15)18(22)25-19(2,3)4/h6-7,12,15,20H,8-11,13H2,1-5H3. The van der Waals surface area contributed by atoms with Gasteiger partial charge in [-0.3, -0.25) is 0 Å². The van der Waals surface area contributed by atoms with E-state index in [0.29, 0.717) is 26.3 Å². The fourth-order valence-corrected chi connectivity index (χ4v) is 2.69. The summed E-state index contributed by atoms with van der Waals surface area (Å²) < 4.78 is 16.3. The van der Waals surface area contributed by atoms with E-state index in [9.17, 15) is 4.79 Å². The minimum atomic E-state index is -0.470. The molecule has 1 aromatic carbocycles. The van der Waals surface area contributed by atoms with Gasteiger partial charge >= 0.3 is 6.09 Å². The summed E-state index contributed by atoms with van der Waals surface area (Å²) in [4.78, 5) is 13.9. The molecule has 1 aliphatic rings. The number of aryl methyl sites for hydroxylation is 1. The largest absolute Gasteiger partial charge is 0.489 e. The Morgan fingerprint density at radius 1 is 1.32 bits per heavy atom. The molecule has 1 unspecified atom stereocenters. The van der Waals surface area contributed by atoms with E-state index in [0.717, 1.165) is 23.4 Å². The van der Waals surface area contributed by atoms with Crippen LogP contribution in [0.25, 0.3) is 0 Å². The first-order valence-corrected chi connectivity index (χ1v) is 8.75. The number of carbonyl (C=O) groups excluding carboxylic acids is 1. The quantitative estimate of drug-likeness (QED) is 0.797. The summed E-state index contributed by atoms with van der Waals surface area (Å²) >= 11 is 0. The van der Waals surface area contributed by atoms with Crippen molar-refractivity contribution in [2.45, 2.75) is 45.8 Å². The third kappa shape index (κ3) is 6.12. The van der Waals surface area contributed by atoms with Crippen LogP contribution >= 0.6 is 0 Å². The van der Waals surface area contributed by atoms with E-state index in [1.165, 1.54) is 0 Å². The molecule has 0 bridgehead atoms. The number of rotatable bonds is 6. The van der Waals surface area contributed by atoms with E-state index in [1.807, 2.05) is 45.9 Å². The number of carbonyl (C=O) groups is 1.